The monoisotopic (exact) mass is 583 g/mol. The van der Waals surface area contributed by atoms with Crippen molar-refractivity contribution < 1.29 is 33.6 Å². The molecule has 0 spiro atoms. The molecule has 1 N–H and O–H groups in total. The predicted octanol–water partition coefficient (Wildman–Crippen LogP) is 2.97. The first-order valence-corrected chi connectivity index (χ1v) is 14.9. The van der Waals surface area contributed by atoms with Crippen LogP contribution in [0.5, 0.6) is 17.2 Å². The van der Waals surface area contributed by atoms with E-state index < -0.39 is 5.60 Å². The van der Waals surface area contributed by atoms with E-state index >= 15 is 0 Å². The van der Waals surface area contributed by atoms with Crippen molar-refractivity contribution in [3.63, 3.8) is 0 Å². The normalized spacial score (nSPS) is 20.1. The van der Waals surface area contributed by atoms with E-state index in [9.17, 15) is 14.7 Å². The maximum absolute atomic E-state index is 12.7. The highest BCUT2D eigenvalue weighted by Crippen LogP contribution is 2.29. The highest BCUT2D eigenvalue weighted by Gasteiger charge is 2.37. The first-order valence-electron chi connectivity index (χ1n) is 14.9. The molecule has 2 fully saturated rings. The summed E-state index contributed by atoms with van der Waals surface area (Å²) in [6, 6.07) is 15.2. The van der Waals surface area contributed by atoms with Crippen LogP contribution in [0.4, 0.5) is 0 Å². The Labute approximate surface area is 249 Å². The van der Waals surface area contributed by atoms with E-state index in [1.807, 2.05) is 53.4 Å². The van der Waals surface area contributed by atoms with Crippen molar-refractivity contribution in [2.75, 3.05) is 73.3 Å². The largest absolute Gasteiger partial charge is 0.493 e. The summed E-state index contributed by atoms with van der Waals surface area (Å²) in [5.41, 5.74) is -0.283. The first kappa shape index (κ1) is 31.6. The van der Waals surface area contributed by atoms with E-state index in [1.54, 1.807) is 12.0 Å². The lowest BCUT2D eigenvalue weighted by Crippen LogP contribution is -2.52. The Kier molecular flexibility index (Phi) is 11.9. The van der Waals surface area contributed by atoms with Crippen molar-refractivity contribution in [2.45, 2.75) is 44.2 Å². The average molecular weight is 584 g/mol. The van der Waals surface area contributed by atoms with Crippen molar-refractivity contribution in [1.29, 1.82) is 0 Å². The smallest absolute Gasteiger partial charge is 0.248 e. The van der Waals surface area contributed by atoms with Crippen LogP contribution in [0.3, 0.4) is 0 Å². The molecular weight excluding hydrogens is 538 g/mol. The minimum Gasteiger partial charge on any atom is -0.493 e. The van der Waals surface area contributed by atoms with Crippen LogP contribution in [0, 0.1) is 0 Å². The third kappa shape index (κ3) is 9.34. The predicted molar refractivity (Wildman–Crippen MR) is 159 cm³/mol. The molecule has 1 atom stereocenters. The highest BCUT2D eigenvalue weighted by molar-refractivity contribution is 5.77. The minimum absolute atomic E-state index is 0.0391. The zero-order chi connectivity index (χ0) is 29.8. The Balaban J connectivity index is 1.37. The van der Waals surface area contributed by atoms with Gasteiger partial charge in [0, 0.05) is 52.8 Å². The fraction of sp³-hybridized carbons (Fsp3) is 0.562. The van der Waals surface area contributed by atoms with Gasteiger partial charge in [0.05, 0.1) is 20.3 Å². The van der Waals surface area contributed by atoms with Crippen LogP contribution in [-0.2, 0) is 20.9 Å². The van der Waals surface area contributed by atoms with Gasteiger partial charge in [0.2, 0.25) is 11.8 Å². The number of likely N-dealkylation sites (tertiary alicyclic amines) is 1. The van der Waals surface area contributed by atoms with Crippen LogP contribution in [0.25, 0.3) is 0 Å². The van der Waals surface area contributed by atoms with Crippen LogP contribution < -0.4 is 14.2 Å². The maximum Gasteiger partial charge on any atom is 0.248 e. The molecule has 0 saturated carbocycles. The molecule has 2 heterocycles. The summed E-state index contributed by atoms with van der Waals surface area (Å²) < 4.78 is 22.7. The van der Waals surface area contributed by atoms with E-state index in [2.05, 4.69) is 4.90 Å². The van der Waals surface area contributed by atoms with E-state index in [-0.39, 0.29) is 31.6 Å². The molecule has 0 aromatic heterocycles. The number of hydrogen-bond acceptors (Lipinski definition) is 8. The first-order chi connectivity index (χ1) is 20.4. The zero-order valence-corrected chi connectivity index (χ0v) is 25.0. The third-order valence-corrected chi connectivity index (χ3v) is 7.70. The van der Waals surface area contributed by atoms with Crippen LogP contribution in [0.1, 0.15) is 37.7 Å². The number of aliphatic hydroxyl groups is 1. The number of ether oxygens (including phenoxy) is 4. The van der Waals surface area contributed by atoms with Gasteiger partial charge in [0.25, 0.3) is 0 Å². The van der Waals surface area contributed by atoms with Gasteiger partial charge in [-0.05, 0) is 49.1 Å². The van der Waals surface area contributed by atoms with Gasteiger partial charge in [0.1, 0.15) is 24.6 Å². The number of hydrogen-bond donors (Lipinski definition) is 1. The fourth-order valence-electron chi connectivity index (χ4n) is 5.53. The molecule has 0 unspecified atom stereocenters. The lowest BCUT2D eigenvalue weighted by molar-refractivity contribution is -0.138. The topological polar surface area (TPSA) is 101 Å². The molecule has 0 bridgehead atoms. The lowest BCUT2D eigenvalue weighted by atomic mass is 10.0. The Morgan fingerprint density at radius 3 is 2.57 bits per heavy atom. The quantitative estimate of drug-likeness (QED) is 0.360. The van der Waals surface area contributed by atoms with Crippen LogP contribution in [0.2, 0.25) is 0 Å². The average Bonchev–Trinajstić information content (AvgIpc) is 3.30. The molecule has 230 valence electrons. The number of benzene rings is 2. The number of nitrogens with zero attached hydrogens (tertiary/aromatic N) is 3. The lowest BCUT2D eigenvalue weighted by Gasteiger charge is -2.33. The molecule has 2 saturated heterocycles. The van der Waals surface area contributed by atoms with E-state index in [1.165, 1.54) is 7.11 Å². The molecule has 2 aromatic rings. The van der Waals surface area contributed by atoms with E-state index in [0.717, 1.165) is 37.8 Å². The van der Waals surface area contributed by atoms with Crippen molar-refractivity contribution in [1.82, 2.24) is 14.7 Å². The zero-order valence-electron chi connectivity index (χ0n) is 25.0. The molecule has 2 amide bonds. The van der Waals surface area contributed by atoms with Gasteiger partial charge < -0.3 is 33.9 Å². The molecule has 0 radical (unpaired) electrons. The second kappa shape index (κ2) is 15.8. The minimum atomic E-state index is -1.28. The molecular formula is C32H45N3O7. The van der Waals surface area contributed by atoms with Gasteiger partial charge >= 0.3 is 0 Å². The molecule has 42 heavy (non-hydrogen) atoms. The molecule has 2 aliphatic heterocycles. The summed E-state index contributed by atoms with van der Waals surface area (Å²) in [6.07, 6.45) is 4.57. The Morgan fingerprint density at radius 1 is 0.952 bits per heavy atom. The van der Waals surface area contributed by atoms with Crippen molar-refractivity contribution >= 4 is 11.8 Å². The number of carbonyl (C=O) groups excluding carboxylic acids is 2. The third-order valence-electron chi connectivity index (χ3n) is 7.70. The Bertz CT molecular complexity index is 1150. The van der Waals surface area contributed by atoms with Gasteiger partial charge in [-0.25, -0.2) is 0 Å². The Morgan fingerprint density at radius 2 is 1.79 bits per heavy atom. The molecule has 2 aliphatic rings. The maximum atomic E-state index is 12.7. The number of methoxy groups -OCH3 is 2. The van der Waals surface area contributed by atoms with Gasteiger partial charge in [-0.2, -0.15) is 0 Å². The summed E-state index contributed by atoms with van der Waals surface area (Å²) in [4.78, 5) is 30.7. The van der Waals surface area contributed by atoms with Crippen molar-refractivity contribution in [3.8, 4) is 17.2 Å². The second-order valence-electron chi connectivity index (χ2n) is 11.2. The van der Waals surface area contributed by atoms with Crippen LogP contribution in [0.15, 0.2) is 48.5 Å². The Hall–Kier alpha value is -3.34. The van der Waals surface area contributed by atoms with Gasteiger partial charge in [-0.3, -0.25) is 14.5 Å². The summed E-state index contributed by atoms with van der Waals surface area (Å²) >= 11 is 0. The molecule has 4 rings (SSSR count). The SMILES string of the molecule is COCC(=O)N1CCN(Cc2ccc(OCCCN3CCCCCC3=O)c(OC)c2)C[C@](O)(COc2ccccc2)C1. The number of para-hydroxylation sites is 1. The van der Waals surface area contributed by atoms with Gasteiger partial charge in [-0.15, -0.1) is 0 Å². The highest BCUT2D eigenvalue weighted by atomic mass is 16.5. The number of β-amino-alcohol motifs (C(OH)–C–C–N with tert-alkyl or cyclic N) is 1. The molecule has 10 heteroatoms. The molecule has 2 aromatic carbocycles. The summed E-state index contributed by atoms with van der Waals surface area (Å²) in [6.45, 7) is 4.11. The summed E-state index contributed by atoms with van der Waals surface area (Å²) in [7, 11) is 3.11. The van der Waals surface area contributed by atoms with Gasteiger partial charge in [0.15, 0.2) is 11.5 Å². The number of rotatable bonds is 13. The number of carbonyl (C=O) groups is 2. The molecule has 10 nitrogen and oxygen atoms in total. The standard InChI is InChI=1S/C32H45N3O7/c1-39-22-31(37)35-18-17-33(23-32(38,24-35)25-42-27-10-5-3-6-11-27)21-26-13-14-28(29(20-26)40-2)41-19-9-16-34-15-8-4-7-12-30(34)36/h3,5-6,10-11,13-14,20,38H,4,7-9,12,15-19,21-25H2,1-2H3/t32-/m1/s1. The summed E-state index contributed by atoms with van der Waals surface area (Å²) in [5.74, 6) is 2.03. The van der Waals surface area contributed by atoms with E-state index in [4.69, 9.17) is 18.9 Å². The van der Waals surface area contributed by atoms with Crippen molar-refractivity contribution in [3.05, 3.63) is 54.1 Å². The summed E-state index contributed by atoms with van der Waals surface area (Å²) in [5, 5.41) is 11.7. The fourth-order valence-corrected chi connectivity index (χ4v) is 5.53. The van der Waals surface area contributed by atoms with Crippen LogP contribution in [-0.4, -0.2) is 111 Å². The van der Waals surface area contributed by atoms with E-state index in [0.29, 0.717) is 63.0 Å². The van der Waals surface area contributed by atoms with Crippen LogP contribution >= 0.6 is 0 Å². The number of amides is 2. The second-order valence-corrected chi connectivity index (χ2v) is 11.2. The van der Waals surface area contributed by atoms with Gasteiger partial charge in [-0.1, -0.05) is 30.7 Å². The molecule has 0 aliphatic carbocycles. The van der Waals surface area contributed by atoms with Crippen molar-refractivity contribution in [2.24, 2.45) is 0 Å².